The summed E-state index contributed by atoms with van der Waals surface area (Å²) in [6.07, 6.45) is 0. The average molecular weight is 315 g/mol. The highest BCUT2D eigenvalue weighted by molar-refractivity contribution is 6.05. The van der Waals surface area contributed by atoms with Crippen molar-refractivity contribution in [1.29, 1.82) is 0 Å². The number of anilines is 1. The molecule has 1 amide bonds. The second kappa shape index (κ2) is 4.26. The Kier molecular flexibility index (Phi) is 2.48. The van der Waals surface area contributed by atoms with Crippen molar-refractivity contribution in [1.82, 2.24) is 9.88 Å². The van der Waals surface area contributed by atoms with Crippen LogP contribution in [0.15, 0.2) is 12.1 Å². The topological polar surface area (TPSA) is 46.5 Å². The van der Waals surface area contributed by atoms with E-state index >= 15 is 0 Å². The molecule has 3 aliphatic heterocycles. The molecule has 2 aromatic rings. The van der Waals surface area contributed by atoms with Crippen LogP contribution in [0.3, 0.4) is 0 Å². The van der Waals surface area contributed by atoms with Gasteiger partial charge in [-0.3, -0.25) is 4.79 Å². The van der Waals surface area contributed by atoms with Crippen molar-refractivity contribution in [2.45, 2.75) is 13.5 Å². The van der Waals surface area contributed by atoms with Gasteiger partial charge in [-0.15, -0.1) is 0 Å². The third kappa shape index (κ3) is 1.67. The average Bonchev–Trinajstić information content (AvgIpc) is 2.70. The number of rotatable bonds is 1. The molecule has 3 aliphatic rings. The normalized spacial score (nSPS) is 21.8. The van der Waals surface area contributed by atoms with Crippen LogP contribution in [0.5, 0.6) is 0 Å². The highest BCUT2D eigenvalue weighted by atomic mass is 19.1. The van der Waals surface area contributed by atoms with Crippen LogP contribution >= 0.6 is 0 Å². The fourth-order valence-electron chi connectivity index (χ4n) is 4.23. The first-order valence-electron chi connectivity index (χ1n) is 8.01. The second-order valence-corrected chi connectivity index (χ2v) is 7.05. The predicted molar refractivity (Wildman–Crippen MR) is 84.4 cm³/mol. The van der Waals surface area contributed by atoms with Crippen LogP contribution in [0.25, 0.3) is 10.9 Å². The summed E-state index contributed by atoms with van der Waals surface area (Å²) in [5.74, 6) is -0.312. The van der Waals surface area contributed by atoms with E-state index in [9.17, 15) is 9.18 Å². The summed E-state index contributed by atoms with van der Waals surface area (Å²) >= 11 is 0. The maximum Gasteiger partial charge on any atom is 0.268 e. The molecule has 5 rings (SSSR count). The first-order chi connectivity index (χ1) is 11.1. The van der Waals surface area contributed by atoms with Crippen molar-refractivity contribution in [2.24, 2.45) is 5.41 Å². The number of fused-ring (bicyclic) bond motifs is 3. The monoisotopic (exact) mass is 315 g/mol. The van der Waals surface area contributed by atoms with Gasteiger partial charge in [0.1, 0.15) is 11.5 Å². The number of carbonyl (C=O) groups excluding carboxylic acids is 1. The molecule has 0 radical (unpaired) electrons. The van der Waals surface area contributed by atoms with Crippen LogP contribution in [0.1, 0.15) is 16.1 Å². The predicted octanol–water partition coefficient (Wildman–Crippen LogP) is 1.67. The van der Waals surface area contributed by atoms with Crippen molar-refractivity contribution in [3.05, 3.63) is 29.2 Å². The molecule has 1 aromatic heterocycles. The van der Waals surface area contributed by atoms with E-state index in [0.29, 0.717) is 12.2 Å². The highest BCUT2D eigenvalue weighted by Gasteiger charge is 2.49. The molecule has 0 bridgehead atoms. The van der Waals surface area contributed by atoms with Crippen LogP contribution in [-0.2, 0) is 11.3 Å². The number of amides is 1. The summed E-state index contributed by atoms with van der Waals surface area (Å²) in [5, 5.41) is 3.72. The number of hydrogen-bond donors (Lipinski definition) is 1. The number of benzene rings is 1. The van der Waals surface area contributed by atoms with E-state index < -0.39 is 0 Å². The lowest BCUT2D eigenvalue weighted by atomic mass is 9.77. The summed E-state index contributed by atoms with van der Waals surface area (Å²) in [4.78, 5) is 14.4. The Hall–Kier alpha value is -2.08. The molecule has 6 heteroatoms. The summed E-state index contributed by atoms with van der Waals surface area (Å²) in [6, 6.07) is 3.16. The van der Waals surface area contributed by atoms with E-state index in [2.05, 4.69) is 14.8 Å². The lowest BCUT2D eigenvalue weighted by molar-refractivity contribution is -0.126. The molecule has 2 fully saturated rings. The fraction of sp³-hybridized carbons (Fsp3) is 0.471. The highest BCUT2D eigenvalue weighted by Crippen LogP contribution is 2.44. The lowest BCUT2D eigenvalue weighted by Gasteiger charge is -2.56. The summed E-state index contributed by atoms with van der Waals surface area (Å²) in [7, 11) is 0. The van der Waals surface area contributed by atoms with Gasteiger partial charge in [-0.05, 0) is 24.6 Å². The van der Waals surface area contributed by atoms with E-state index in [-0.39, 0.29) is 17.1 Å². The van der Waals surface area contributed by atoms with Gasteiger partial charge in [-0.1, -0.05) is 0 Å². The second-order valence-electron chi connectivity index (χ2n) is 7.05. The van der Waals surface area contributed by atoms with E-state index in [1.54, 1.807) is 12.1 Å². The minimum absolute atomic E-state index is 0.0659. The van der Waals surface area contributed by atoms with Gasteiger partial charge in [-0.25, -0.2) is 4.39 Å². The van der Waals surface area contributed by atoms with Gasteiger partial charge < -0.3 is 19.5 Å². The maximum absolute atomic E-state index is 14.2. The first kappa shape index (κ1) is 13.4. The van der Waals surface area contributed by atoms with Gasteiger partial charge in [0.05, 0.1) is 29.8 Å². The molecule has 1 spiro atoms. The molecule has 0 atom stereocenters. The molecule has 2 saturated heterocycles. The Morgan fingerprint density at radius 1 is 1.30 bits per heavy atom. The molecule has 1 aromatic carbocycles. The molecule has 0 aliphatic carbocycles. The fourth-order valence-corrected chi connectivity index (χ4v) is 4.23. The van der Waals surface area contributed by atoms with Gasteiger partial charge in [0.15, 0.2) is 0 Å². The number of carbonyl (C=O) groups is 1. The van der Waals surface area contributed by atoms with Gasteiger partial charge in [-0.2, -0.15) is 0 Å². The molecule has 0 saturated carbocycles. The SMILES string of the molecule is Cc1c2n(c3c(N4CC5(COC5)C4)cc(F)cc13)CCNC2=O. The van der Waals surface area contributed by atoms with Crippen LogP contribution in [0, 0.1) is 18.2 Å². The summed E-state index contributed by atoms with van der Waals surface area (Å²) in [5.41, 5.74) is 3.69. The Balaban J connectivity index is 1.70. The Bertz CT molecular complexity index is 845. The molecule has 4 heterocycles. The van der Waals surface area contributed by atoms with Crippen LogP contribution < -0.4 is 10.2 Å². The van der Waals surface area contributed by atoms with Crippen LogP contribution in [-0.4, -0.2) is 43.3 Å². The van der Waals surface area contributed by atoms with E-state index in [0.717, 1.165) is 55.0 Å². The van der Waals surface area contributed by atoms with E-state index in [4.69, 9.17) is 4.74 Å². The largest absolute Gasteiger partial charge is 0.380 e. The Morgan fingerprint density at radius 2 is 2.09 bits per heavy atom. The molecular weight excluding hydrogens is 297 g/mol. The lowest BCUT2D eigenvalue weighted by Crippen LogP contribution is -2.66. The third-order valence-electron chi connectivity index (χ3n) is 5.40. The van der Waals surface area contributed by atoms with Gasteiger partial charge >= 0.3 is 0 Å². The third-order valence-corrected chi connectivity index (χ3v) is 5.40. The van der Waals surface area contributed by atoms with Crippen LogP contribution in [0.2, 0.25) is 0 Å². The molecular formula is C17H18FN3O2. The number of nitrogens with one attached hydrogen (secondary N) is 1. The number of ether oxygens (including phenoxy) is 1. The van der Waals surface area contributed by atoms with Crippen molar-refractivity contribution in [2.75, 3.05) is 37.7 Å². The Morgan fingerprint density at radius 3 is 2.78 bits per heavy atom. The minimum Gasteiger partial charge on any atom is -0.380 e. The molecule has 5 nitrogen and oxygen atoms in total. The van der Waals surface area contributed by atoms with Gasteiger partial charge in [0.2, 0.25) is 0 Å². The first-order valence-corrected chi connectivity index (χ1v) is 8.01. The summed E-state index contributed by atoms with van der Waals surface area (Å²) in [6.45, 7) is 6.65. The smallest absolute Gasteiger partial charge is 0.268 e. The quantitative estimate of drug-likeness (QED) is 0.871. The zero-order valence-electron chi connectivity index (χ0n) is 13.0. The standard InChI is InChI=1S/C17H18FN3O2/c1-10-12-4-11(18)5-13(20-6-17(7-20)8-23-9-17)15(12)21-3-2-19-16(22)14(10)21/h4-5H,2-3,6-9H2,1H3,(H,19,22). The Labute approximate surface area is 133 Å². The van der Waals surface area contributed by atoms with Crippen molar-refractivity contribution < 1.29 is 13.9 Å². The van der Waals surface area contributed by atoms with Gasteiger partial charge in [0.25, 0.3) is 5.91 Å². The molecule has 23 heavy (non-hydrogen) atoms. The molecule has 120 valence electrons. The van der Waals surface area contributed by atoms with Crippen molar-refractivity contribution >= 4 is 22.5 Å². The number of aryl methyl sites for hydroxylation is 1. The van der Waals surface area contributed by atoms with E-state index in [1.807, 2.05) is 6.92 Å². The maximum atomic E-state index is 14.2. The number of aromatic nitrogens is 1. The zero-order valence-corrected chi connectivity index (χ0v) is 13.0. The van der Waals surface area contributed by atoms with Crippen LogP contribution in [0.4, 0.5) is 10.1 Å². The number of hydrogen-bond acceptors (Lipinski definition) is 3. The van der Waals surface area contributed by atoms with Crippen molar-refractivity contribution in [3.63, 3.8) is 0 Å². The summed E-state index contributed by atoms with van der Waals surface area (Å²) < 4.78 is 21.6. The molecule has 1 N–H and O–H groups in total. The van der Waals surface area contributed by atoms with Crippen molar-refractivity contribution in [3.8, 4) is 0 Å². The van der Waals surface area contributed by atoms with E-state index in [1.165, 1.54) is 0 Å². The zero-order chi connectivity index (χ0) is 15.8. The minimum atomic E-state index is -0.246. The molecule has 0 unspecified atom stereocenters. The number of halogens is 1. The number of nitrogens with zero attached hydrogens (tertiary/aromatic N) is 2. The van der Waals surface area contributed by atoms with Gasteiger partial charge in [0, 0.05) is 31.6 Å².